The molecule has 0 radical (unpaired) electrons. The number of phenolic OH excluding ortho intramolecular Hbond substituents is 2. The zero-order valence-corrected chi connectivity index (χ0v) is 8.99. The van der Waals surface area contributed by atoms with E-state index in [0.717, 1.165) is 12.0 Å². The molecule has 0 spiro atoms. The lowest BCUT2D eigenvalue weighted by molar-refractivity contribution is 0.439. The van der Waals surface area contributed by atoms with Crippen LogP contribution >= 0.6 is 0 Å². The summed E-state index contributed by atoms with van der Waals surface area (Å²) in [6.45, 7) is 6.36. The van der Waals surface area contributed by atoms with Gasteiger partial charge in [-0.25, -0.2) is 0 Å². The van der Waals surface area contributed by atoms with E-state index >= 15 is 0 Å². The topological polar surface area (TPSA) is 40.5 Å². The summed E-state index contributed by atoms with van der Waals surface area (Å²) in [7, 11) is 0. The largest absolute Gasteiger partial charge is 0.508 e. The van der Waals surface area contributed by atoms with E-state index in [-0.39, 0.29) is 17.4 Å². The van der Waals surface area contributed by atoms with Gasteiger partial charge in [0.15, 0.2) is 0 Å². The van der Waals surface area contributed by atoms with Crippen LogP contribution in [0.15, 0.2) is 18.2 Å². The molecule has 78 valence electrons. The van der Waals surface area contributed by atoms with E-state index in [1.54, 1.807) is 12.1 Å². The third-order valence-electron chi connectivity index (χ3n) is 2.37. The van der Waals surface area contributed by atoms with Crippen LogP contribution in [-0.2, 0) is 0 Å². The summed E-state index contributed by atoms with van der Waals surface area (Å²) in [5.41, 5.74) is 0.832. The first kappa shape index (κ1) is 10.9. The highest BCUT2D eigenvalue weighted by Crippen LogP contribution is 2.32. The molecule has 1 aromatic rings. The smallest absolute Gasteiger partial charge is 0.119 e. The van der Waals surface area contributed by atoms with Crippen molar-refractivity contribution in [2.24, 2.45) is 5.92 Å². The number of benzene rings is 1. The maximum atomic E-state index is 9.61. The molecule has 2 heteroatoms. The maximum absolute atomic E-state index is 9.61. The van der Waals surface area contributed by atoms with Gasteiger partial charge in [-0.2, -0.15) is 0 Å². The molecule has 0 bridgehead atoms. The molecular weight excluding hydrogens is 176 g/mol. The third kappa shape index (κ3) is 2.66. The van der Waals surface area contributed by atoms with E-state index in [2.05, 4.69) is 20.8 Å². The zero-order chi connectivity index (χ0) is 10.7. The van der Waals surface area contributed by atoms with Crippen molar-refractivity contribution in [2.45, 2.75) is 33.1 Å². The summed E-state index contributed by atoms with van der Waals surface area (Å²) < 4.78 is 0. The number of aromatic hydroxyl groups is 2. The highest BCUT2D eigenvalue weighted by molar-refractivity contribution is 5.40. The molecule has 0 saturated heterocycles. The van der Waals surface area contributed by atoms with Crippen molar-refractivity contribution in [1.29, 1.82) is 0 Å². The lowest BCUT2D eigenvalue weighted by Crippen LogP contribution is -1.99. The number of hydrogen-bond donors (Lipinski definition) is 2. The van der Waals surface area contributed by atoms with E-state index in [9.17, 15) is 10.2 Å². The monoisotopic (exact) mass is 194 g/mol. The molecule has 0 amide bonds. The zero-order valence-electron chi connectivity index (χ0n) is 8.99. The van der Waals surface area contributed by atoms with Crippen LogP contribution in [-0.4, -0.2) is 10.2 Å². The minimum Gasteiger partial charge on any atom is -0.508 e. The van der Waals surface area contributed by atoms with E-state index in [4.69, 9.17) is 0 Å². The van der Waals surface area contributed by atoms with Crippen molar-refractivity contribution in [3.8, 4) is 11.5 Å². The average molecular weight is 194 g/mol. The quantitative estimate of drug-likeness (QED) is 0.725. The normalized spacial score (nSPS) is 13.1. The average Bonchev–Trinajstić information content (AvgIpc) is 2.08. The lowest BCUT2D eigenvalue weighted by atomic mass is 9.91. The van der Waals surface area contributed by atoms with Gasteiger partial charge in [0, 0.05) is 5.56 Å². The standard InChI is InChI=1S/C12H18O2/c1-8(2)6-9(3)11-7-10(13)4-5-12(11)14/h4-5,7-9,13-14H,6H2,1-3H3. The minimum absolute atomic E-state index is 0.216. The van der Waals surface area contributed by atoms with Gasteiger partial charge in [0.1, 0.15) is 11.5 Å². The predicted molar refractivity (Wildman–Crippen MR) is 57.6 cm³/mol. The van der Waals surface area contributed by atoms with Gasteiger partial charge in [0.05, 0.1) is 0 Å². The van der Waals surface area contributed by atoms with Gasteiger partial charge in [-0.05, 0) is 36.5 Å². The van der Waals surface area contributed by atoms with E-state index < -0.39 is 0 Å². The molecule has 2 N–H and O–H groups in total. The van der Waals surface area contributed by atoms with Gasteiger partial charge in [0.2, 0.25) is 0 Å². The van der Waals surface area contributed by atoms with Crippen molar-refractivity contribution in [1.82, 2.24) is 0 Å². The maximum Gasteiger partial charge on any atom is 0.119 e. The molecule has 0 heterocycles. The predicted octanol–water partition coefficient (Wildman–Crippen LogP) is 3.25. The Kier molecular flexibility index (Phi) is 3.39. The van der Waals surface area contributed by atoms with Crippen LogP contribution in [0.25, 0.3) is 0 Å². The van der Waals surface area contributed by atoms with Crippen molar-refractivity contribution >= 4 is 0 Å². The van der Waals surface area contributed by atoms with Crippen LogP contribution < -0.4 is 0 Å². The van der Waals surface area contributed by atoms with Gasteiger partial charge in [0.25, 0.3) is 0 Å². The van der Waals surface area contributed by atoms with Gasteiger partial charge >= 0.3 is 0 Å². The molecule has 0 aliphatic rings. The van der Waals surface area contributed by atoms with Crippen LogP contribution in [0.4, 0.5) is 0 Å². The Morgan fingerprint density at radius 1 is 1.14 bits per heavy atom. The summed E-state index contributed by atoms with van der Waals surface area (Å²) in [6.07, 6.45) is 1.01. The van der Waals surface area contributed by atoms with Crippen LogP contribution in [0.3, 0.4) is 0 Å². The van der Waals surface area contributed by atoms with Crippen LogP contribution in [0, 0.1) is 5.92 Å². The molecule has 1 atom stereocenters. The number of phenols is 2. The summed E-state index contributed by atoms with van der Waals surface area (Å²) in [5.74, 6) is 1.36. The second-order valence-corrected chi connectivity index (χ2v) is 4.27. The van der Waals surface area contributed by atoms with Crippen molar-refractivity contribution < 1.29 is 10.2 Å². The van der Waals surface area contributed by atoms with Crippen molar-refractivity contribution in [3.63, 3.8) is 0 Å². The Bertz CT molecular complexity index is 305. The van der Waals surface area contributed by atoms with Gasteiger partial charge in [-0.3, -0.25) is 0 Å². The Morgan fingerprint density at radius 2 is 1.79 bits per heavy atom. The van der Waals surface area contributed by atoms with E-state index in [0.29, 0.717) is 5.92 Å². The minimum atomic E-state index is 0.216. The fraction of sp³-hybridized carbons (Fsp3) is 0.500. The summed E-state index contributed by atoms with van der Waals surface area (Å²) in [6, 6.07) is 4.69. The first-order valence-electron chi connectivity index (χ1n) is 5.02. The second kappa shape index (κ2) is 4.36. The summed E-state index contributed by atoms with van der Waals surface area (Å²) in [5, 5.41) is 18.9. The second-order valence-electron chi connectivity index (χ2n) is 4.27. The van der Waals surface area contributed by atoms with Gasteiger partial charge < -0.3 is 10.2 Å². The van der Waals surface area contributed by atoms with Crippen molar-refractivity contribution in [3.05, 3.63) is 23.8 Å². The first-order chi connectivity index (χ1) is 6.50. The van der Waals surface area contributed by atoms with Crippen LogP contribution in [0.2, 0.25) is 0 Å². The third-order valence-corrected chi connectivity index (χ3v) is 2.37. The molecule has 1 rings (SSSR count). The lowest BCUT2D eigenvalue weighted by Gasteiger charge is -2.15. The summed E-state index contributed by atoms with van der Waals surface area (Å²) in [4.78, 5) is 0. The number of rotatable bonds is 3. The van der Waals surface area contributed by atoms with E-state index in [1.165, 1.54) is 6.07 Å². The molecule has 0 aliphatic carbocycles. The first-order valence-corrected chi connectivity index (χ1v) is 5.02. The molecule has 0 fully saturated rings. The van der Waals surface area contributed by atoms with Crippen LogP contribution in [0.5, 0.6) is 11.5 Å². The Morgan fingerprint density at radius 3 is 2.36 bits per heavy atom. The van der Waals surface area contributed by atoms with Gasteiger partial charge in [-0.15, -0.1) is 0 Å². The fourth-order valence-corrected chi connectivity index (χ4v) is 1.77. The molecule has 0 aliphatic heterocycles. The Hall–Kier alpha value is -1.18. The number of hydrogen-bond acceptors (Lipinski definition) is 2. The molecular formula is C12H18O2. The molecule has 0 aromatic heterocycles. The fourth-order valence-electron chi connectivity index (χ4n) is 1.77. The summed E-state index contributed by atoms with van der Waals surface area (Å²) >= 11 is 0. The Balaban J connectivity index is 2.88. The van der Waals surface area contributed by atoms with Crippen molar-refractivity contribution in [2.75, 3.05) is 0 Å². The highest BCUT2D eigenvalue weighted by Gasteiger charge is 2.12. The Labute approximate surface area is 85.2 Å². The molecule has 0 saturated carbocycles. The van der Waals surface area contributed by atoms with Gasteiger partial charge in [-0.1, -0.05) is 20.8 Å². The highest BCUT2D eigenvalue weighted by atomic mass is 16.3. The molecule has 1 aromatic carbocycles. The SMILES string of the molecule is CC(C)CC(C)c1cc(O)ccc1O. The van der Waals surface area contributed by atoms with Crippen LogP contribution in [0.1, 0.15) is 38.7 Å². The molecule has 1 unspecified atom stereocenters. The molecule has 2 nitrogen and oxygen atoms in total. The molecule has 14 heavy (non-hydrogen) atoms. The van der Waals surface area contributed by atoms with E-state index in [1.807, 2.05) is 0 Å².